The van der Waals surface area contributed by atoms with Crippen LogP contribution in [0.25, 0.3) is 0 Å². The Labute approximate surface area is 103 Å². The van der Waals surface area contributed by atoms with Crippen LogP contribution in [-0.2, 0) is 11.2 Å². The number of benzene rings is 1. The van der Waals surface area contributed by atoms with Gasteiger partial charge in [0.05, 0.1) is 0 Å². The van der Waals surface area contributed by atoms with Crippen molar-refractivity contribution in [1.82, 2.24) is 10.6 Å². The average molecular weight is 250 g/mol. The zero-order valence-electron chi connectivity index (χ0n) is 8.86. The number of fused-ring (bicyclic) bond motifs is 1. The highest BCUT2D eigenvalue weighted by Gasteiger charge is 2.27. The van der Waals surface area contributed by atoms with Gasteiger partial charge >= 0.3 is 0 Å². The Kier molecular flexibility index (Phi) is 2.36. The van der Waals surface area contributed by atoms with E-state index in [4.69, 9.17) is 21.7 Å². The van der Waals surface area contributed by atoms with Crippen molar-refractivity contribution >= 4 is 23.2 Å². The minimum Gasteiger partial charge on any atom is -0.454 e. The van der Waals surface area contributed by atoms with E-state index in [0.717, 1.165) is 17.1 Å². The number of ether oxygens (including phenoxy) is 2. The lowest BCUT2D eigenvalue weighted by atomic mass is 10.1. The summed E-state index contributed by atoms with van der Waals surface area (Å²) in [6, 6.07) is 5.36. The molecule has 1 aromatic carbocycles. The number of rotatable bonds is 2. The zero-order valence-corrected chi connectivity index (χ0v) is 9.67. The van der Waals surface area contributed by atoms with E-state index in [0.29, 0.717) is 11.5 Å². The molecule has 3 rings (SSSR count). The molecule has 2 aliphatic rings. The van der Waals surface area contributed by atoms with Crippen LogP contribution in [0.2, 0.25) is 0 Å². The summed E-state index contributed by atoms with van der Waals surface area (Å²) in [6.07, 6.45) is 0.572. The van der Waals surface area contributed by atoms with Crippen LogP contribution in [0.3, 0.4) is 0 Å². The number of carbonyl (C=O) groups is 1. The second-order valence-electron chi connectivity index (χ2n) is 3.91. The number of nitrogens with one attached hydrogen (secondary N) is 2. The number of carbonyl (C=O) groups excluding carboxylic acids is 1. The Morgan fingerprint density at radius 3 is 2.94 bits per heavy atom. The molecule has 17 heavy (non-hydrogen) atoms. The van der Waals surface area contributed by atoms with E-state index in [1.807, 2.05) is 18.2 Å². The highest BCUT2D eigenvalue weighted by molar-refractivity contribution is 7.80. The molecule has 1 aromatic rings. The van der Waals surface area contributed by atoms with Gasteiger partial charge in [-0.3, -0.25) is 4.79 Å². The number of amides is 1. The second-order valence-corrected chi connectivity index (χ2v) is 4.32. The summed E-state index contributed by atoms with van der Waals surface area (Å²) < 4.78 is 10.5. The Hall–Kier alpha value is -1.82. The molecule has 1 saturated heterocycles. The average Bonchev–Trinajstić information content (AvgIpc) is 2.85. The first-order valence-electron chi connectivity index (χ1n) is 5.22. The zero-order chi connectivity index (χ0) is 11.8. The third-order valence-corrected chi connectivity index (χ3v) is 2.96. The Balaban J connectivity index is 1.77. The van der Waals surface area contributed by atoms with Gasteiger partial charge in [-0.2, -0.15) is 0 Å². The van der Waals surface area contributed by atoms with Gasteiger partial charge in [0.1, 0.15) is 6.04 Å². The van der Waals surface area contributed by atoms with E-state index in [1.165, 1.54) is 0 Å². The van der Waals surface area contributed by atoms with E-state index in [9.17, 15) is 4.79 Å². The first-order chi connectivity index (χ1) is 8.22. The number of thiocarbonyl (C=S) groups is 1. The fraction of sp³-hybridized carbons (Fsp3) is 0.273. The summed E-state index contributed by atoms with van der Waals surface area (Å²) in [7, 11) is 0. The molecular weight excluding hydrogens is 240 g/mol. The second kappa shape index (κ2) is 3.89. The Morgan fingerprint density at radius 1 is 1.35 bits per heavy atom. The van der Waals surface area contributed by atoms with Gasteiger partial charge in [-0.15, -0.1) is 0 Å². The van der Waals surface area contributed by atoms with Crippen LogP contribution < -0.4 is 20.1 Å². The first-order valence-corrected chi connectivity index (χ1v) is 5.63. The van der Waals surface area contributed by atoms with Gasteiger partial charge in [-0.25, -0.2) is 0 Å². The monoisotopic (exact) mass is 250 g/mol. The molecule has 1 fully saturated rings. The van der Waals surface area contributed by atoms with Crippen molar-refractivity contribution in [1.29, 1.82) is 0 Å². The molecule has 2 N–H and O–H groups in total. The maximum atomic E-state index is 11.5. The van der Waals surface area contributed by atoms with Crippen LogP contribution in [0, 0.1) is 0 Å². The summed E-state index contributed by atoms with van der Waals surface area (Å²) in [5.74, 6) is 1.38. The van der Waals surface area contributed by atoms with Crippen molar-refractivity contribution in [3.63, 3.8) is 0 Å². The van der Waals surface area contributed by atoms with Gasteiger partial charge in [0.2, 0.25) is 12.7 Å². The van der Waals surface area contributed by atoms with Crippen molar-refractivity contribution in [2.24, 2.45) is 0 Å². The molecule has 0 aliphatic carbocycles. The summed E-state index contributed by atoms with van der Waals surface area (Å²) in [5, 5.41) is 5.87. The molecule has 0 aromatic heterocycles. The van der Waals surface area contributed by atoms with Crippen molar-refractivity contribution in [3.05, 3.63) is 23.8 Å². The fourth-order valence-corrected chi connectivity index (χ4v) is 2.15. The van der Waals surface area contributed by atoms with E-state index < -0.39 is 0 Å². The van der Waals surface area contributed by atoms with Crippen molar-refractivity contribution in [2.75, 3.05) is 6.79 Å². The lowest BCUT2D eigenvalue weighted by molar-refractivity contribution is -0.120. The quantitative estimate of drug-likeness (QED) is 0.741. The Morgan fingerprint density at radius 2 is 2.18 bits per heavy atom. The highest BCUT2D eigenvalue weighted by Crippen LogP contribution is 2.32. The van der Waals surface area contributed by atoms with Gasteiger partial charge in [-0.1, -0.05) is 6.07 Å². The van der Waals surface area contributed by atoms with E-state index in [2.05, 4.69) is 10.6 Å². The number of hydrogen-bond donors (Lipinski definition) is 2. The summed E-state index contributed by atoms with van der Waals surface area (Å²) in [4.78, 5) is 11.5. The molecular formula is C11H10N2O3S. The molecule has 1 atom stereocenters. The summed E-state index contributed by atoms with van der Waals surface area (Å²) in [5.41, 5.74) is 1.01. The molecule has 5 nitrogen and oxygen atoms in total. The third-order valence-electron chi connectivity index (χ3n) is 2.74. The van der Waals surface area contributed by atoms with E-state index >= 15 is 0 Å². The minimum atomic E-state index is -0.303. The predicted octanol–water partition coefficient (Wildman–Crippen LogP) is 0.331. The maximum absolute atomic E-state index is 11.5. The van der Waals surface area contributed by atoms with Crippen molar-refractivity contribution < 1.29 is 14.3 Å². The van der Waals surface area contributed by atoms with Crippen LogP contribution in [-0.4, -0.2) is 23.9 Å². The molecule has 0 radical (unpaired) electrons. The fourth-order valence-electron chi connectivity index (χ4n) is 1.91. The molecule has 2 aliphatic heterocycles. The van der Waals surface area contributed by atoms with Crippen LogP contribution in [0.15, 0.2) is 18.2 Å². The molecule has 0 spiro atoms. The summed E-state index contributed by atoms with van der Waals surface area (Å²) in [6.45, 7) is 0.255. The molecule has 0 saturated carbocycles. The molecule has 6 heteroatoms. The van der Waals surface area contributed by atoms with Crippen LogP contribution >= 0.6 is 12.2 Å². The minimum absolute atomic E-state index is 0.0901. The normalized spacial score (nSPS) is 21.3. The third kappa shape index (κ3) is 1.91. The Bertz CT molecular complexity index is 503. The SMILES string of the molecule is O=C1NC(=S)NC1Cc1ccc2c(c1)OCO2. The van der Waals surface area contributed by atoms with Gasteiger partial charge in [0.15, 0.2) is 16.6 Å². The van der Waals surface area contributed by atoms with Gasteiger partial charge in [-0.05, 0) is 29.9 Å². The highest BCUT2D eigenvalue weighted by atomic mass is 32.1. The molecule has 2 heterocycles. The van der Waals surface area contributed by atoms with Crippen molar-refractivity contribution in [3.8, 4) is 11.5 Å². The molecule has 1 unspecified atom stereocenters. The van der Waals surface area contributed by atoms with Gasteiger partial charge in [0, 0.05) is 6.42 Å². The van der Waals surface area contributed by atoms with Gasteiger partial charge < -0.3 is 20.1 Å². The van der Waals surface area contributed by atoms with E-state index in [-0.39, 0.29) is 18.7 Å². The first kappa shape index (κ1) is 10.3. The standard InChI is InChI=1S/C11H10N2O3S/c14-10-7(12-11(17)13-10)3-6-1-2-8-9(4-6)16-5-15-8/h1-2,4,7H,3,5H2,(H2,12,13,14,17). The molecule has 1 amide bonds. The smallest absolute Gasteiger partial charge is 0.249 e. The maximum Gasteiger partial charge on any atom is 0.249 e. The largest absolute Gasteiger partial charge is 0.454 e. The predicted molar refractivity (Wildman–Crippen MR) is 63.9 cm³/mol. The lowest BCUT2D eigenvalue weighted by Gasteiger charge is -2.08. The van der Waals surface area contributed by atoms with Crippen LogP contribution in [0.5, 0.6) is 11.5 Å². The molecule has 0 bridgehead atoms. The van der Waals surface area contributed by atoms with Crippen molar-refractivity contribution in [2.45, 2.75) is 12.5 Å². The lowest BCUT2D eigenvalue weighted by Crippen LogP contribution is -2.30. The molecule has 88 valence electrons. The van der Waals surface area contributed by atoms with Crippen LogP contribution in [0.4, 0.5) is 0 Å². The van der Waals surface area contributed by atoms with Gasteiger partial charge in [0.25, 0.3) is 0 Å². The number of hydrogen-bond acceptors (Lipinski definition) is 4. The summed E-state index contributed by atoms with van der Waals surface area (Å²) >= 11 is 4.88. The van der Waals surface area contributed by atoms with E-state index in [1.54, 1.807) is 0 Å². The van der Waals surface area contributed by atoms with Crippen LogP contribution in [0.1, 0.15) is 5.56 Å². The topological polar surface area (TPSA) is 59.6 Å².